The Labute approximate surface area is 119 Å². The fraction of sp³-hybridized carbons (Fsp3) is 0.176. The zero-order valence-electron chi connectivity index (χ0n) is 11.5. The summed E-state index contributed by atoms with van der Waals surface area (Å²) in [5, 5.41) is 21.3. The van der Waals surface area contributed by atoms with Gasteiger partial charge in [0.05, 0.1) is 11.1 Å². The summed E-state index contributed by atoms with van der Waals surface area (Å²) in [4.78, 5) is 0. The number of anilines is 1. The van der Waals surface area contributed by atoms with Crippen LogP contribution in [0.5, 0.6) is 0 Å². The van der Waals surface area contributed by atoms with E-state index in [1.54, 1.807) is 12.1 Å². The van der Waals surface area contributed by atoms with Crippen molar-refractivity contribution in [3.63, 3.8) is 0 Å². The Morgan fingerprint density at radius 3 is 2.20 bits per heavy atom. The molecule has 0 amide bonds. The van der Waals surface area contributed by atoms with Crippen LogP contribution in [0.2, 0.25) is 0 Å². The summed E-state index contributed by atoms with van der Waals surface area (Å²) in [5.74, 6) is 0. The first-order valence-corrected chi connectivity index (χ1v) is 6.41. The third-order valence-electron chi connectivity index (χ3n) is 3.22. The molecule has 0 aliphatic heterocycles. The Bertz CT molecular complexity index is 688. The van der Waals surface area contributed by atoms with Crippen LogP contribution < -0.4 is 5.32 Å². The van der Waals surface area contributed by atoms with Crippen LogP contribution in [0.3, 0.4) is 0 Å². The predicted molar refractivity (Wildman–Crippen MR) is 79.1 cm³/mol. The van der Waals surface area contributed by atoms with E-state index in [1.165, 1.54) is 11.1 Å². The highest BCUT2D eigenvalue weighted by molar-refractivity contribution is 5.57. The van der Waals surface area contributed by atoms with Crippen molar-refractivity contribution >= 4 is 5.69 Å². The molecule has 98 valence electrons. The van der Waals surface area contributed by atoms with Crippen molar-refractivity contribution < 1.29 is 0 Å². The van der Waals surface area contributed by atoms with E-state index in [4.69, 9.17) is 10.5 Å². The zero-order chi connectivity index (χ0) is 14.5. The quantitative estimate of drug-likeness (QED) is 0.911. The van der Waals surface area contributed by atoms with Crippen LogP contribution in [-0.4, -0.2) is 0 Å². The van der Waals surface area contributed by atoms with E-state index in [9.17, 15) is 0 Å². The Morgan fingerprint density at radius 2 is 1.60 bits per heavy atom. The number of nitriles is 2. The van der Waals surface area contributed by atoms with Gasteiger partial charge in [-0.3, -0.25) is 0 Å². The Balaban J connectivity index is 2.20. The van der Waals surface area contributed by atoms with Crippen LogP contribution in [0.25, 0.3) is 0 Å². The second-order valence-electron chi connectivity index (χ2n) is 4.76. The van der Waals surface area contributed by atoms with Crippen molar-refractivity contribution in [1.29, 1.82) is 10.5 Å². The maximum atomic E-state index is 9.03. The lowest BCUT2D eigenvalue weighted by Crippen LogP contribution is -2.06. The van der Waals surface area contributed by atoms with Gasteiger partial charge in [0.1, 0.15) is 12.1 Å². The molecule has 3 nitrogen and oxygen atoms in total. The number of benzene rings is 2. The zero-order valence-corrected chi connectivity index (χ0v) is 11.5. The van der Waals surface area contributed by atoms with Crippen LogP contribution >= 0.6 is 0 Å². The maximum absolute atomic E-state index is 9.03. The minimum atomic E-state index is 0.134. The van der Waals surface area contributed by atoms with Gasteiger partial charge in [-0.2, -0.15) is 10.5 Å². The van der Waals surface area contributed by atoms with Crippen molar-refractivity contribution in [2.45, 2.75) is 19.9 Å². The van der Waals surface area contributed by atoms with Gasteiger partial charge in [0.2, 0.25) is 0 Å². The lowest BCUT2D eigenvalue weighted by atomic mass is 10.0. The summed E-state index contributed by atoms with van der Waals surface area (Å²) < 4.78 is 0. The summed E-state index contributed by atoms with van der Waals surface area (Å²) in [6, 6.07) is 17.7. The fourth-order valence-corrected chi connectivity index (χ4v) is 2.01. The van der Waals surface area contributed by atoms with E-state index in [-0.39, 0.29) is 6.04 Å². The summed E-state index contributed by atoms with van der Waals surface area (Å²) in [7, 11) is 0. The average Bonchev–Trinajstić information content (AvgIpc) is 2.47. The molecule has 0 heterocycles. The van der Waals surface area contributed by atoms with E-state index in [0.717, 1.165) is 5.69 Å². The number of aryl methyl sites for hydroxylation is 1. The Kier molecular flexibility index (Phi) is 4.03. The lowest BCUT2D eigenvalue weighted by molar-refractivity contribution is 0.884. The molecule has 0 aliphatic rings. The normalized spacial score (nSPS) is 11.2. The third-order valence-corrected chi connectivity index (χ3v) is 3.22. The first-order chi connectivity index (χ1) is 9.63. The SMILES string of the molecule is Cc1ccc(C(C)Nc2ccc(C#N)c(C#N)c2)cc1. The molecule has 1 unspecified atom stereocenters. The number of rotatable bonds is 3. The van der Waals surface area contributed by atoms with E-state index in [0.29, 0.717) is 11.1 Å². The first-order valence-electron chi connectivity index (χ1n) is 6.41. The van der Waals surface area contributed by atoms with Crippen LogP contribution in [-0.2, 0) is 0 Å². The molecule has 2 aromatic carbocycles. The smallest absolute Gasteiger partial charge is 0.101 e. The average molecular weight is 261 g/mol. The standard InChI is InChI=1S/C17H15N3/c1-12-3-5-14(6-4-12)13(2)20-17-8-7-15(10-18)16(9-17)11-19/h3-9,13,20H,1-2H3. The largest absolute Gasteiger partial charge is 0.378 e. The van der Waals surface area contributed by atoms with Gasteiger partial charge < -0.3 is 5.32 Å². The third kappa shape index (κ3) is 2.96. The molecule has 0 radical (unpaired) electrons. The van der Waals surface area contributed by atoms with Crippen LogP contribution in [0.4, 0.5) is 5.69 Å². The molecule has 2 rings (SSSR count). The molecule has 2 aromatic rings. The molecule has 0 fully saturated rings. The van der Waals surface area contributed by atoms with Gasteiger partial charge in [0.25, 0.3) is 0 Å². The second-order valence-corrected chi connectivity index (χ2v) is 4.76. The van der Waals surface area contributed by atoms with Gasteiger partial charge in [-0.05, 0) is 37.6 Å². The maximum Gasteiger partial charge on any atom is 0.101 e. The highest BCUT2D eigenvalue weighted by atomic mass is 14.9. The fourth-order valence-electron chi connectivity index (χ4n) is 2.01. The van der Waals surface area contributed by atoms with Gasteiger partial charge in [0.15, 0.2) is 0 Å². The van der Waals surface area contributed by atoms with Gasteiger partial charge in [-0.25, -0.2) is 0 Å². The molecule has 0 aliphatic carbocycles. The highest BCUT2D eigenvalue weighted by Gasteiger charge is 2.07. The molecule has 1 atom stereocenters. The van der Waals surface area contributed by atoms with Crippen LogP contribution in [0.15, 0.2) is 42.5 Å². The molecule has 3 heteroatoms. The molecule has 0 aromatic heterocycles. The van der Waals surface area contributed by atoms with Crippen LogP contribution in [0.1, 0.15) is 35.2 Å². The van der Waals surface area contributed by atoms with E-state index in [2.05, 4.69) is 43.4 Å². The van der Waals surface area contributed by atoms with Crippen molar-refractivity contribution in [2.75, 3.05) is 5.32 Å². The molecule has 1 N–H and O–H groups in total. The Morgan fingerprint density at radius 1 is 0.950 bits per heavy atom. The Hall–Kier alpha value is -2.78. The van der Waals surface area contributed by atoms with Crippen molar-refractivity contribution in [3.05, 3.63) is 64.7 Å². The topological polar surface area (TPSA) is 59.6 Å². The van der Waals surface area contributed by atoms with Gasteiger partial charge >= 0.3 is 0 Å². The predicted octanol–water partition coefficient (Wildman–Crippen LogP) is 3.91. The summed E-state index contributed by atoms with van der Waals surface area (Å²) >= 11 is 0. The summed E-state index contributed by atoms with van der Waals surface area (Å²) in [6.07, 6.45) is 0. The van der Waals surface area contributed by atoms with Crippen molar-refractivity contribution in [2.24, 2.45) is 0 Å². The number of nitrogens with zero attached hydrogens (tertiary/aromatic N) is 2. The number of nitrogens with one attached hydrogen (secondary N) is 1. The number of hydrogen-bond donors (Lipinski definition) is 1. The van der Waals surface area contributed by atoms with Crippen LogP contribution in [0, 0.1) is 29.6 Å². The molecule has 20 heavy (non-hydrogen) atoms. The second kappa shape index (κ2) is 5.91. The molecular weight excluding hydrogens is 246 g/mol. The van der Waals surface area contributed by atoms with Crippen molar-refractivity contribution in [1.82, 2.24) is 0 Å². The van der Waals surface area contributed by atoms with E-state index >= 15 is 0 Å². The van der Waals surface area contributed by atoms with Gasteiger partial charge in [-0.15, -0.1) is 0 Å². The summed E-state index contributed by atoms with van der Waals surface area (Å²) in [6.45, 7) is 4.12. The molecule has 0 bridgehead atoms. The molecule has 0 spiro atoms. The highest BCUT2D eigenvalue weighted by Crippen LogP contribution is 2.21. The summed E-state index contributed by atoms with van der Waals surface area (Å²) in [5.41, 5.74) is 4.05. The first kappa shape index (κ1) is 13.6. The van der Waals surface area contributed by atoms with E-state index < -0.39 is 0 Å². The van der Waals surface area contributed by atoms with Gasteiger partial charge in [-0.1, -0.05) is 29.8 Å². The minimum absolute atomic E-state index is 0.134. The van der Waals surface area contributed by atoms with Crippen molar-refractivity contribution in [3.8, 4) is 12.1 Å². The number of hydrogen-bond acceptors (Lipinski definition) is 3. The molecule has 0 saturated heterocycles. The van der Waals surface area contributed by atoms with Gasteiger partial charge in [0, 0.05) is 11.7 Å². The molecular formula is C17H15N3. The minimum Gasteiger partial charge on any atom is -0.378 e. The lowest BCUT2D eigenvalue weighted by Gasteiger charge is -2.16. The van der Waals surface area contributed by atoms with E-state index in [1.807, 2.05) is 18.2 Å². The molecule has 0 saturated carbocycles. The monoisotopic (exact) mass is 261 g/mol.